The highest BCUT2D eigenvalue weighted by Crippen LogP contribution is 2.32. The summed E-state index contributed by atoms with van der Waals surface area (Å²) in [6.07, 6.45) is 0. The molecule has 0 unspecified atom stereocenters. The maximum atomic E-state index is 12.6. The minimum atomic E-state index is -0.0876. The van der Waals surface area contributed by atoms with Gasteiger partial charge in [0.15, 0.2) is 0 Å². The Kier molecular flexibility index (Phi) is 5.61. The Balaban J connectivity index is 2.35. The molecule has 2 aromatic rings. The summed E-state index contributed by atoms with van der Waals surface area (Å²) in [5.74, 6) is 0.761. The fourth-order valence-corrected chi connectivity index (χ4v) is 2.40. The van der Waals surface area contributed by atoms with Crippen LogP contribution in [-0.4, -0.2) is 23.9 Å². The number of carbonyl (C=O) groups is 1. The summed E-state index contributed by atoms with van der Waals surface area (Å²) in [6.45, 7) is 5.12. The molecule has 0 saturated heterocycles. The van der Waals surface area contributed by atoms with Gasteiger partial charge in [0, 0.05) is 13.1 Å². The monoisotopic (exact) mass is 328 g/mol. The number of benzene rings is 2. The number of hydrogen-bond donors (Lipinski definition) is 0. The highest BCUT2D eigenvalue weighted by molar-refractivity contribution is 6.32. The van der Waals surface area contributed by atoms with E-state index in [0.717, 1.165) is 0 Å². The Hall–Kier alpha value is -2.51. The van der Waals surface area contributed by atoms with E-state index in [1.807, 2.05) is 19.9 Å². The number of ether oxygens (including phenoxy) is 1. The number of para-hydroxylation sites is 1. The van der Waals surface area contributed by atoms with Crippen molar-refractivity contribution in [2.24, 2.45) is 0 Å². The molecule has 4 nitrogen and oxygen atoms in total. The standard InChI is InChI=1S/C18H17ClN2O2/c1-3-21(4-2)18(22)14-7-5-6-8-16(14)23-17-10-9-13(12-20)11-15(17)19/h5-11H,3-4H2,1-2H3. The molecule has 0 atom stereocenters. The summed E-state index contributed by atoms with van der Waals surface area (Å²) < 4.78 is 5.81. The second-order valence-corrected chi connectivity index (χ2v) is 5.24. The Morgan fingerprint density at radius 3 is 2.48 bits per heavy atom. The van der Waals surface area contributed by atoms with Crippen molar-refractivity contribution in [2.75, 3.05) is 13.1 Å². The number of hydrogen-bond acceptors (Lipinski definition) is 3. The van der Waals surface area contributed by atoms with Crippen molar-refractivity contribution in [3.63, 3.8) is 0 Å². The predicted molar refractivity (Wildman–Crippen MR) is 89.9 cm³/mol. The molecule has 0 heterocycles. The van der Waals surface area contributed by atoms with Crippen molar-refractivity contribution in [3.8, 4) is 17.6 Å². The molecule has 0 bridgehead atoms. The van der Waals surface area contributed by atoms with Gasteiger partial charge in [0.05, 0.1) is 22.2 Å². The van der Waals surface area contributed by atoms with E-state index in [-0.39, 0.29) is 5.91 Å². The number of rotatable bonds is 5. The summed E-state index contributed by atoms with van der Waals surface area (Å²) in [6, 6.07) is 13.8. The van der Waals surface area contributed by atoms with Crippen molar-refractivity contribution < 1.29 is 9.53 Å². The first kappa shape index (κ1) is 16.9. The van der Waals surface area contributed by atoms with Crippen LogP contribution in [0.4, 0.5) is 0 Å². The first-order valence-corrected chi connectivity index (χ1v) is 7.74. The highest BCUT2D eigenvalue weighted by atomic mass is 35.5. The van der Waals surface area contributed by atoms with Crippen molar-refractivity contribution in [2.45, 2.75) is 13.8 Å². The predicted octanol–water partition coefficient (Wildman–Crippen LogP) is 4.49. The van der Waals surface area contributed by atoms with Gasteiger partial charge in [-0.25, -0.2) is 0 Å². The lowest BCUT2D eigenvalue weighted by atomic mass is 10.1. The van der Waals surface area contributed by atoms with E-state index in [4.69, 9.17) is 21.6 Å². The van der Waals surface area contributed by atoms with Crippen LogP contribution in [0.25, 0.3) is 0 Å². The zero-order chi connectivity index (χ0) is 16.8. The zero-order valence-corrected chi connectivity index (χ0v) is 13.8. The highest BCUT2D eigenvalue weighted by Gasteiger charge is 2.18. The minimum absolute atomic E-state index is 0.0876. The van der Waals surface area contributed by atoms with Crippen molar-refractivity contribution in [1.82, 2.24) is 4.90 Å². The van der Waals surface area contributed by atoms with E-state index in [2.05, 4.69) is 0 Å². The summed E-state index contributed by atoms with van der Waals surface area (Å²) in [4.78, 5) is 14.3. The van der Waals surface area contributed by atoms with Crippen LogP contribution in [0.5, 0.6) is 11.5 Å². The minimum Gasteiger partial charge on any atom is -0.455 e. The Morgan fingerprint density at radius 2 is 1.87 bits per heavy atom. The molecule has 5 heteroatoms. The number of carbonyl (C=O) groups excluding carboxylic acids is 1. The lowest BCUT2D eigenvalue weighted by Crippen LogP contribution is -2.30. The van der Waals surface area contributed by atoms with Gasteiger partial charge >= 0.3 is 0 Å². The average Bonchev–Trinajstić information content (AvgIpc) is 2.58. The summed E-state index contributed by atoms with van der Waals surface area (Å²) >= 11 is 6.14. The van der Waals surface area contributed by atoms with Gasteiger partial charge in [-0.1, -0.05) is 23.7 Å². The summed E-state index contributed by atoms with van der Waals surface area (Å²) in [5.41, 5.74) is 0.937. The maximum absolute atomic E-state index is 12.6. The number of nitrogens with zero attached hydrogens (tertiary/aromatic N) is 2. The molecule has 0 aromatic heterocycles. The molecule has 0 N–H and O–H groups in total. The third kappa shape index (κ3) is 3.82. The van der Waals surface area contributed by atoms with E-state index in [1.54, 1.807) is 41.3 Å². The van der Waals surface area contributed by atoms with Crippen LogP contribution in [0, 0.1) is 11.3 Å². The molecule has 0 radical (unpaired) electrons. The number of amides is 1. The molecule has 0 fully saturated rings. The first-order valence-electron chi connectivity index (χ1n) is 7.36. The van der Waals surface area contributed by atoms with Gasteiger partial charge in [-0.2, -0.15) is 5.26 Å². The fraction of sp³-hybridized carbons (Fsp3) is 0.222. The van der Waals surface area contributed by atoms with Crippen LogP contribution in [0.1, 0.15) is 29.8 Å². The molecule has 0 aliphatic carbocycles. The van der Waals surface area contributed by atoms with E-state index in [9.17, 15) is 4.79 Å². The molecule has 0 spiro atoms. The van der Waals surface area contributed by atoms with E-state index in [0.29, 0.717) is 40.7 Å². The van der Waals surface area contributed by atoms with Crippen LogP contribution in [0.3, 0.4) is 0 Å². The number of halogens is 1. The quantitative estimate of drug-likeness (QED) is 0.812. The first-order chi connectivity index (χ1) is 11.1. The van der Waals surface area contributed by atoms with E-state index >= 15 is 0 Å². The van der Waals surface area contributed by atoms with Crippen molar-refractivity contribution in [1.29, 1.82) is 5.26 Å². The van der Waals surface area contributed by atoms with E-state index in [1.165, 1.54) is 6.07 Å². The topological polar surface area (TPSA) is 53.3 Å². The third-order valence-corrected chi connectivity index (χ3v) is 3.74. The van der Waals surface area contributed by atoms with Gasteiger partial charge in [-0.3, -0.25) is 4.79 Å². The van der Waals surface area contributed by atoms with Crippen molar-refractivity contribution >= 4 is 17.5 Å². The van der Waals surface area contributed by atoms with Crippen LogP contribution in [0.15, 0.2) is 42.5 Å². The van der Waals surface area contributed by atoms with Crippen molar-refractivity contribution in [3.05, 3.63) is 58.6 Å². The molecule has 0 aliphatic rings. The lowest BCUT2D eigenvalue weighted by molar-refractivity contribution is 0.0770. The van der Waals surface area contributed by atoms with Crippen LogP contribution in [0.2, 0.25) is 5.02 Å². The molecular weight excluding hydrogens is 312 g/mol. The molecular formula is C18H17ClN2O2. The Bertz CT molecular complexity index is 749. The second-order valence-electron chi connectivity index (χ2n) is 4.83. The molecule has 1 amide bonds. The average molecular weight is 329 g/mol. The smallest absolute Gasteiger partial charge is 0.257 e. The van der Waals surface area contributed by atoms with Gasteiger partial charge in [-0.15, -0.1) is 0 Å². The summed E-state index contributed by atoms with van der Waals surface area (Å²) in [5, 5.41) is 9.20. The van der Waals surface area contributed by atoms with Crippen LogP contribution >= 0.6 is 11.6 Å². The summed E-state index contributed by atoms with van der Waals surface area (Å²) in [7, 11) is 0. The molecule has 0 saturated carbocycles. The van der Waals surface area contributed by atoms with Gasteiger partial charge in [0.1, 0.15) is 11.5 Å². The Labute approximate surface area is 140 Å². The molecule has 23 heavy (non-hydrogen) atoms. The van der Waals surface area contributed by atoms with Gasteiger partial charge in [0.25, 0.3) is 5.91 Å². The van der Waals surface area contributed by atoms with Crippen LogP contribution < -0.4 is 4.74 Å². The van der Waals surface area contributed by atoms with Crippen LogP contribution in [-0.2, 0) is 0 Å². The zero-order valence-electron chi connectivity index (χ0n) is 13.0. The fourth-order valence-electron chi connectivity index (χ4n) is 2.19. The second kappa shape index (κ2) is 7.66. The molecule has 0 aliphatic heterocycles. The van der Waals surface area contributed by atoms with Gasteiger partial charge in [-0.05, 0) is 44.2 Å². The van der Waals surface area contributed by atoms with Gasteiger partial charge in [0.2, 0.25) is 0 Å². The lowest BCUT2D eigenvalue weighted by Gasteiger charge is -2.20. The molecule has 118 valence electrons. The maximum Gasteiger partial charge on any atom is 0.257 e. The normalized spacial score (nSPS) is 10.0. The van der Waals surface area contributed by atoms with Gasteiger partial charge < -0.3 is 9.64 Å². The molecule has 2 rings (SSSR count). The SMILES string of the molecule is CCN(CC)C(=O)c1ccccc1Oc1ccc(C#N)cc1Cl. The number of nitriles is 1. The third-order valence-electron chi connectivity index (χ3n) is 3.45. The Morgan fingerprint density at radius 1 is 1.17 bits per heavy atom. The van der Waals surface area contributed by atoms with E-state index < -0.39 is 0 Å². The largest absolute Gasteiger partial charge is 0.455 e. The molecule has 2 aromatic carbocycles.